The summed E-state index contributed by atoms with van der Waals surface area (Å²) >= 11 is 0. The molecule has 234 valence electrons. The first-order valence-electron chi connectivity index (χ1n) is 17.6. The zero-order valence-corrected chi connectivity index (χ0v) is 27.1. The van der Waals surface area contributed by atoms with Crippen LogP contribution in [0.3, 0.4) is 0 Å². The van der Waals surface area contributed by atoms with Crippen molar-refractivity contribution in [3.8, 4) is 0 Å². The molecule has 0 aliphatic heterocycles. The summed E-state index contributed by atoms with van der Waals surface area (Å²) in [5.41, 5.74) is 4.31. The molecule has 0 atom stereocenters. The number of amides is 1. The quantitative estimate of drug-likeness (QED) is 0.0664. The van der Waals surface area contributed by atoms with E-state index in [2.05, 4.69) is 27.0 Å². The van der Waals surface area contributed by atoms with Gasteiger partial charge < -0.3 is 10.8 Å². The molecule has 0 saturated heterocycles. The Labute approximate surface area is 246 Å². The van der Waals surface area contributed by atoms with Gasteiger partial charge in [0.25, 0.3) is 0 Å². The SMILES string of the molecule is C=C.CCCCCCCCCCCCCCCCC(O)(CCCCCCCCCCCCCCCC)C(N)=O. The van der Waals surface area contributed by atoms with E-state index in [-0.39, 0.29) is 0 Å². The second-order valence-electron chi connectivity index (χ2n) is 12.1. The lowest BCUT2D eigenvalue weighted by Gasteiger charge is -2.24. The van der Waals surface area contributed by atoms with E-state index in [0.29, 0.717) is 12.8 Å². The third-order valence-corrected chi connectivity index (χ3v) is 8.35. The highest BCUT2D eigenvalue weighted by molar-refractivity contribution is 5.83. The molecule has 0 unspecified atom stereocenters. The Bertz CT molecular complexity index is 447. The van der Waals surface area contributed by atoms with Gasteiger partial charge >= 0.3 is 0 Å². The fraction of sp³-hybridized carbons (Fsp3) is 0.917. The smallest absolute Gasteiger partial charge is 0.249 e. The van der Waals surface area contributed by atoms with Crippen LogP contribution in [0.25, 0.3) is 0 Å². The van der Waals surface area contributed by atoms with Crippen molar-refractivity contribution in [2.75, 3.05) is 0 Å². The van der Waals surface area contributed by atoms with Crippen molar-refractivity contribution in [2.45, 2.75) is 212 Å². The van der Waals surface area contributed by atoms with Gasteiger partial charge in [0.05, 0.1) is 0 Å². The maximum Gasteiger partial charge on any atom is 0.249 e. The van der Waals surface area contributed by atoms with Crippen LogP contribution < -0.4 is 5.73 Å². The van der Waals surface area contributed by atoms with Crippen LogP contribution in [0.15, 0.2) is 13.2 Å². The van der Waals surface area contributed by atoms with Gasteiger partial charge in [0.15, 0.2) is 0 Å². The van der Waals surface area contributed by atoms with Crippen LogP contribution in [0.4, 0.5) is 0 Å². The Hall–Kier alpha value is -0.830. The summed E-state index contributed by atoms with van der Waals surface area (Å²) in [6, 6.07) is 0. The summed E-state index contributed by atoms with van der Waals surface area (Å²) in [5, 5.41) is 10.8. The molecule has 3 N–H and O–H groups in total. The summed E-state index contributed by atoms with van der Waals surface area (Å²) in [6.07, 6.45) is 37.9. The molecule has 39 heavy (non-hydrogen) atoms. The number of hydrogen-bond donors (Lipinski definition) is 2. The molecule has 0 aliphatic rings. The summed E-state index contributed by atoms with van der Waals surface area (Å²) in [7, 11) is 0. The molecule has 1 amide bonds. The van der Waals surface area contributed by atoms with E-state index in [1.54, 1.807) is 0 Å². The molecular formula is C36H73NO2. The maximum atomic E-state index is 11.9. The molecule has 0 aromatic heterocycles. The van der Waals surface area contributed by atoms with Crippen molar-refractivity contribution in [3.05, 3.63) is 13.2 Å². The highest BCUT2D eigenvalue weighted by Gasteiger charge is 2.32. The normalized spacial score (nSPS) is 11.4. The van der Waals surface area contributed by atoms with Crippen molar-refractivity contribution in [1.82, 2.24) is 0 Å². The summed E-state index contributed by atoms with van der Waals surface area (Å²) in [5.74, 6) is -0.517. The topological polar surface area (TPSA) is 63.3 Å². The van der Waals surface area contributed by atoms with E-state index in [4.69, 9.17) is 5.73 Å². The van der Waals surface area contributed by atoms with Gasteiger partial charge in [0.1, 0.15) is 5.60 Å². The third kappa shape index (κ3) is 30.0. The van der Waals surface area contributed by atoms with Gasteiger partial charge in [-0.05, 0) is 12.8 Å². The van der Waals surface area contributed by atoms with Crippen LogP contribution >= 0.6 is 0 Å². The third-order valence-electron chi connectivity index (χ3n) is 8.35. The van der Waals surface area contributed by atoms with Crippen molar-refractivity contribution in [3.63, 3.8) is 0 Å². The van der Waals surface area contributed by atoms with E-state index >= 15 is 0 Å². The lowest BCUT2D eigenvalue weighted by Crippen LogP contribution is -2.43. The van der Waals surface area contributed by atoms with Crippen molar-refractivity contribution < 1.29 is 9.90 Å². The van der Waals surface area contributed by atoms with Gasteiger partial charge in [-0.3, -0.25) is 4.79 Å². The minimum absolute atomic E-state index is 0.517. The predicted molar refractivity (Wildman–Crippen MR) is 175 cm³/mol. The zero-order chi connectivity index (χ0) is 29.3. The van der Waals surface area contributed by atoms with Gasteiger partial charge in [-0.1, -0.05) is 194 Å². The largest absolute Gasteiger partial charge is 0.380 e. The predicted octanol–water partition coefficient (Wildman–Crippen LogP) is 11.7. The Balaban J connectivity index is 0. The molecule has 0 spiro atoms. The van der Waals surface area contributed by atoms with Crippen molar-refractivity contribution in [2.24, 2.45) is 5.73 Å². The van der Waals surface area contributed by atoms with E-state index in [9.17, 15) is 9.90 Å². The van der Waals surface area contributed by atoms with Gasteiger partial charge in [0, 0.05) is 0 Å². The Morgan fingerprint density at radius 1 is 0.462 bits per heavy atom. The van der Waals surface area contributed by atoms with Gasteiger partial charge in [-0.2, -0.15) is 0 Å². The molecule has 0 aromatic rings. The first kappa shape index (κ1) is 40.3. The maximum absolute atomic E-state index is 11.9. The molecule has 0 radical (unpaired) electrons. The molecule has 3 nitrogen and oxygen atoms in total. The van der Waals surface area contributed by atoms with Crippen LogP contribution in [0.2, 0.25) is 0 Å². The van der Waals surface area contributed by atoms with E-state index in [1.807, 2.05) is 0 Å². The Kier molecular flexibility index (Phi) is 34.5. The first-order chi connectivity index (χ1) is 19.1. The fourth-order valence-corrected chi connectivity index (χ4v) is 5.60. The minimum Gasteiger partial charge on any atom is -0.380 e. The summed E-state index contributed by atoms with van der Waals surface area (Å²) < 4.78 is 0. The fourth-order valence-electron chi connectivity index (χ4n) is 5.60. The van der Waals surface area contributed by atoms with E-state index in [1.165, 1.54) is 154 Å². The number of unbranched alkanes of at least 4 members (excludes halogenated alkanes) is 26. The van der Waals surface area contributed by atoms with E-state index in [0.717, 1.165) is 25.7 Å². The number of carbonyl (C=O) groups is 1. The molecule has 0 rings (SSSR count). The summed E-state index contributed by atoms with van der Waals surface area (Å²) in [4.78, 5) is 11.9. The lowest BCUT2D eigenvalue weighted by molar-refractivity contribution is -0.138. The average Bonchev–Trinajstić information content (AvgIpc) is 2.94. The second kappa shape index (κ2) is 33.4. The number of primary amides is 1. The molecule has 0 aromatic carbocycles. The van der Waals surface area contributed by atoms with Crippen LogP contribution in [0.5, 0.6) is 0 Å². The molecule has 0 aliphatic carbocycles. The molecule has 0 fully saturated rings. The molecular weight excluding hydrogens is 478 g/mol. The number of aliphatic hydroxyl groups is 1. The Morgan fingerprint density at radius 3 is 0.821 bits per heavy atom. The average molecular weight is 552 g/mol. The number of nitrogens with two attached hydrogens (primary N) is 1. The van der Waals surface area contributed by atoms with Crippen LogP contribution in [-0.2, 0) is 4.79 Å². The highest BCUT2D eigenvalue weighted by Crippen LogP contribution is 2.24. The van der Waals surface area contributed by atoms with Gasteiger partial charge in [-0.25, -0.2) is 0 Å². The minimum atomic E-state index is -1.28. The lowest BCUT2D eigenvalue weighted by atomic mass is 9.89. The molecule has 0 bridgehead atoms. The van der Waals surface area contributed by atoms with Crippen LogP contribution in [-0.4, -0.2) is 16.6 Å². The number of carbonyl (C=O) groups excluding carboxylic acids is 1. The molecule has 3 heteroatoms. The second-order valence-corrected chi connectivity index (χ2v) is 12.1. The Morgan fingerprint density at radius 2 is 0.641 bits per heavy atom. The molecule has 0 heterocycles. The first-order valence-corrected chi connectivity index (χ1v) is 17.6. The van der Waals surface area contributed by atoms with Gasteiger partial charge in [-0.15, -0.1) is 13.2 Å². The van der Waals surface area contributed by atoms with Gasteiger partial charge in [0.2, 0.25) is 5.91 Å². The van der Waals surface area contributed by atoms with E-state index < -0.39 is 11.5 Å². The summed E-state index contributed by atoms with van der Waals surface area (Å²) in [6.45, 7) is 10.6. The van der Waals surface area contributed by atoms with Crippen molar-refractivity contribution in [1.29, 1.82) is 0 Å². The van der Waals surface area contributed by atoms with Crippen LogP contribution in [0.1, 0.15) is 206 Å². The zero-order valence-electron chi connectivity index (χ0n) is 27.1. The number of rotatable bonds is 31. The standard InChI is InChI=1S/C34H69NO2.C2H4/c1-3-5-7-9-11-13-15-17-19-21-23-25-27-29-31-34(37,33(35)36)32-30-28-26-24-22-20-18-16-14-12-10-8-6-4-2;1-2/h37H,3-32H2,1-2H3,(H2,35,36);1-2H2. The molecule has 0 saturated carbocycles. The monoisotopic (exact) mass is 552 g/mol. The van der Waals surface area contributed by atoms with Crippen molar-refractivity contribution >= 4 is 5.91 Å². The van der Waals surface area contributed by atoms with Crippen LogP contribution in [0, 0.1) is 0 Å². The number of hydrogen-bond acceptors (Lipinski definition) is 2. The highest BCUT2D eigenvalue weighted by atomic mass is 16.3.